The number of imide groups is 1. The molecular weight excluding hydrogens is 413 g/mol. The molecule has 0 radical (unpaired) electrons. The Hall–Kier alpha value is -1.54. The van der Waals surface area contributed by atoms with Crippen molar-refractivity contribution in [1.82, 2.24) is 4.90 Å². The zero-order valence-corrected chi connectivity index (χ0v) is 14.7. The molecule has 1 aromatic heterocycles. The van der Waals surface area contributed by atoms with Gasteiger partial charge < -0.3 is 4.42 Å². The zero-order chi connectivity index (χ0) is 15.7. The quantitative estimate of drug-likeness (QED) is 0.540. The van der Waals surface area contributed by atoms with Gasteiger partial charge in [-0.2, -0.15) is 0 Å². The summed E-state index contributed by atoms with van der Waals surface area (Å²) in [5, 5.41) is -0.251. The molecule has 0 saturated carbocycles. The molecule has 1 saturated heterocycles. The van der Waals surface area contributed by atoms with Crippen molar-refractivity contribution in [3.63, 3.8) is 0 Å². The fourth-order valence-electron chi connectivity index (χ4n) is 2.16. The maximum atomic E-state index is 12.4. The van der Waals surface area contributed by atoms with Gasteiger partial charge in [0.05, 0.1) is 11.4 Å². The number of aryl methyl sites for hydroxylation is 1. The molecule has 0 aliphatic carbocycles. The van der Waals surface area contributed by atoms with Gasteiger partial charge in [0.2, 0.25) is 0 Å². The van der Waals surface area contributed by atoms with Crippen LogP contribution in [0.4, 0.5) is 4.79 Å². The van der Waals surface area contributed by atoms with Gasteiger partial charge in [0.25, 0.3) is 11.1 Å². The van der Waals surface area contributed by atoms with Crippen molar-refractivity contribution in [2.24, 2.45) is 0 Å². The van der Waals surface area contributed by atoms with Crippen LogP contribution in [-0.4, -0.2) is 16.0 Å². The number of carbonyl (C=O) groups excluding carboxylic acids is 2. The number of thioether (sulfide) groups is 1. The summed E-state index contributed by atoms with van der Waals surface area (Å²) in [4.78, 5) is 26.1. The molecule has 1 aliphatic rings. The van der Waals surface area contributed by atoms with Crippen LogP contribution in [0.25, 0.3) is 6.08 Å². The third-order valence-electron chi connectivity index (χ3n) is 3.16. The van der Waals surface area contributed by atoms with E-state index in [0.717, 1.165) is 26.7 Å². The monoisotopic (exact) mass is 425 g/mol. The molecule has 0 N–H and O–H groups in total. The molecule has 1 fully saturated rings. The minimum atomic E-state index is -0.275. The van der Waals surface area contributed by atoms with Crippen molar-refractivity contribution >= 4 is 51.6 Å². The number of halogens is 1. The molecule has 2 aromatic rings. The predicted molar refractivity (Wildman–Crippen MR) is 94.1 cm³/mol. The van der Waals surface area contributed by atoms with Crippen LogP contribution in [0.15, 0.2) is 45.7 Å². The minimum absolute atomic E-state index is 0.251. The second-order valence-corrected chi connectivity index (χ2v) is 6.96. The summed E-state index contributed by atoms with van der Waals surface area (Å²) in [6.45, 7) is 2.27. The average Bonchev–Trinajstić information content (AvgIpc) is 2.98. The number of hydrogen-bond acceptors (Lipinski definition) is 4. The molecule has 22 heavy (non-hydrogen) atoms. The molecular formula is C16H12INO3S. The fraction of sp³-hybridized carbons (Fsp3) is 0.125. The highest BCUT2D eigenvalue weighted by atomic mass is 127. The first-order chi connectivity index (χ1) is 10.5. The Bertz CT molecular complexity index is 781. The van der Waals surface area contributed by atoms with E-state index in [1.165, 1.54) is 4.90 Å². The standard InChI is InChI=1S/C16H12INO3S/c1-10-3-2-4-11(7-10)9-18-15(19)13(22-16(18)20)8-12-5-6-14(17)21-12/h2-8H,9H2,1H3/b13-8-. The van der Waals surface area contributed by atoms with Crippen LogP contribution in [0, 0.1) is 10.7 Å². The normalized spacial score (nSPS) is 16.8. The van der Waals surface area contributed by atoms with Crippen LogP contribution in [0.2, 0.25) is 0 Å². The first-order valence-electron chi connectivity index (χ1n) is 6.59. The van der Waals surface area contributed by atoms with Crippen molar-refractivity contribution in [2.45, 2.75) is 13.5 Å². The van der Waals surface area contributed by atoms with E-state index in [1.54, 1.807) is 12.1 Å². The van der Waals surface area contributed by atoms with Crippen molar-refractivity contribution in [1.29, 1.82) is 0 Å². The number of furan rings is 1. The molecule has 2 heterocycles. The lowest BCUT2D eigenvalue weighted by Gasteiger charge is -2.12. The van der Waals surface area contributed by atoms with Gasteiger partial charge >= 0.3 is 0 Å². The lowest BCUT2D eigenvalue weighted by atomic mass is 10.1. The molecule has 4 nitrogen and oxygen atoms in total. The van der Waals surface area contributed by atoms with Gasteiger partial charge in [-0.3, -0.25) is 14.5 Å². The summed E-state index contributed by atoms with van der Waals surface area (Å²) in [5.74, 6) is 0.299. The summed E-state index contributed by atoms with van der Waals surface area (Å²) >= 11 is 3.00. The predicted octanol–water partition coefficient (Wildman–Crippen LogP) is 4.43. The molecule has 0 atom stereocenters. The molecule has 112 valence electrons. The van der Waals surface area contributed by atoms with Gasteiger partial charge in [-0.25, -0.2) is 0 Å². The van der Waals surface area contributed by atoms with E-state index in [2.05, 4.69) is 22.6 Å². The van der Waals surface area contributed by atoms with Crippen molar-refractivity contribution in [2.75, 3.05) is 0 Å². The van der Waals surface area contributed by atoms with E-state index >= 15 is 0 Å². The first kappa shape index (κ1) is 15.4. The number of rotatable bonds is 3. The van der Waals surface area contributed by atoms with Crippen LogP contribution in [-0.2, 0) is 11.3 Å². The van der Waals surface area contributed by atoms with Gasteiger partial charge in [0.15, 0.2) is 3.77 Å². The number of nitrogens with zero attached hydrogens (tertiary/aromatic N) is 1. The van der Waals surface area contributed by atoms with Gasteiger partial charge in [0.1, 0.15) is 5.76 Å². The molecule has 1 aromatic carbocycles. The molecule has 6 heteroatoms. The van der Waals surface area contributed by atoms with Crippen LogP contribution in [0.3, 0.4) is 0 Å². The van der Waals surface area contributed by atoms with Crippen LogP contribution < -0.4 is 0 Å². The molecule has 0 spiro atoms. The molecule has 0 unspecified atom stereocenters. The minimum Gasteiger partial charge on any atom is -0.451 e. The summed E-state index contributed by atoms with van der Waals surface area (Å²) in [5.41, 5.74) is 2.04. The van der Waals surface area contributed by atoms with Crippen molar-refractivity contribution < 1.29 is 14.0 Å². The van der Waals surface area contributed by atoms with E-state index < -0.39 is 0 Å². The Balaban J connectivity index is 1.81. The van der Waals surface area contributed by atoms with Crippen LogP contribution in [0.1, 0.15) is 16.9 Å². The average molecular weight is 425 g/mol. The van der Waals surface area contributed by atoms with Crippen molar-refractivity contribution in [3.05, 3.63) is 62.0 Å². The third kappa shape index (κ3) is 3.27. The maximum Gasteiger partial charge on any atom is 0.293 e. The summed E-state index contributed by atoms with van der Waals surface area (Å²) in [7, 11) is 0. The molecule has 3 rings (SSSR count). The van der Waals surface area contributed by atoms with Gasteiger partial charge in [0, 0.05) is 6.08 Å². The zero-order valence-electron chi connectivity index (χ0n) is 11.7. The van der Waals surface area contributed by atoms with Gasteiger partial charge in [-0.05, 0) is 59.0 Å². The first-order valence-corrected chi connectivity index (χ1v) is 8.49. The third-order valence-corrected chi connectivity index (χ3v) is 4.65. The van der Waals surface area contributed by atoms with E-state index in [9.17, 15) is 9.59 Å². The number of benzene rings is 1. The van der Waals surface area contributed by atoms with Gasteiger partial charge in [-0.15, -0.1) is 0 Å². The van der Waals surface area contributed by atoms with Crippen LogP contribution in [0.5, 0.6) is 0 Å². The van der Waals surface area contributed by atoms with Gasteiger partial charge in [-0.1, -0.05) is 29.8 Å². The molecule has 2 amide bonds. The van der Waals surface area contributed by atoms with Crippen molar-refractivity contribution in [3.8, 4) is 0 Å². The molecule has 0 bridgehead atoms. The highest BCUT2D eigenvalue weighted by Gasteiger charge is 2.35. The second kappa shape index (κ2) is 6.29. The topological polar surface area (TPSA) is 50.5 Å². The lowest BCUT2D eigenvalue weighted by molar-refractivity contribution is -0.123. The Labute approximate surface area is 145 Å². The maximum absolute atomic E-state index is 12.4. The fourth-order valence-corrected chi connectivity index (χ4v) is 3.42. The Morgan fingerprint density at radius 1 is 1.27 bits per heavy atom. The smallest absolute Gasteiger partial charge is 0.293 e. The lowest BCUT2D eigenvalue weighted by Crippen LogP contribution is -2.27. The largest absolute Gasteiger partial charge is 0.451 e. The molecule has 1 aliphatic heterocycles. The Morgan fingerprint density at radius 2 is 2.09 bits per heavy atom. The van der Waals surface area contributed by atoms with Crippen LogP contribution >= 0.6 is 34.4 Å². The number of amides is 2. The van der Waals surface area contributed by atoms with E-state index in [0.29, 0.717) is 17.2 Å². The summed E-state index contributed by atoms with van der Waals surface area (Å²) < 4.78 is 6.15. The SMILES string of the molecule is Cc1cccc(CN2C(=O)S/C(=C\c3ccc(I)o3)C2=O)c1. The highest BCUT2D eigenvalue weighted by Crippen LogP contribution is 2.33. The number of hydrogen-bond donors (Lipinski definition) is 0. The van der Waals surface area contributed by atoms with E-state index in [4.69, 9.17) is 4.42 Å². The Morgan fingerprint density at radius 3 is 2.77 bits per heavy atom. The number of carbonyl (C=O) groups is 2. The summed E-state index contributed by atoms with van der Waals surface area (Å²) in [6.07, 6.45) is 1.61. The van der Waals surface area contributed by atoms with E-state index in [-0.39, 0.29) is 11.1 Å². The second-order valence-electron chi connectivity index (χ2n) is 4.90. The summed E-state index contributed by atoms with van der Waals surface area (Å²) in [6, 6.07) is 11.4. The Kier molecular flexibility index (Phi) is 4.39. The van der Waals surface area contributed by atoms with E-state index in [1.807, 2.05) is 37.3 Å². The highest BCUT2D eigenvalue weighted by molar-refractivity contribution is 14.1.